The van der Waals surface area contributed by atoms with Gasteiger partial charge in [0.15, 0.2) is 5.96 Å². The van der Waals surface area contributed by atoms with Crippen molar-refractivity contribution in [3.05, 3.63) is 0 Å². The highest BCUT2D eigenvalue weighted by molar-refractivity contribution is 14.0. The van der Waals surface area contributed by atoms with Crippen molar-refractivity contribution in [2.45, 2.75) is 19.4 Å². The first-order chi connectivity index (χ1) is 12.0. The lowest BCUT2D eigenvalue weighted by Gasteiger charge is -2.33. The van der Waals surface area contributed by atoms with Gasteiger partial charge < -0.3 is 30.1 Å². The molecule has 1 rings (SSSR count). The van der Waals surface area contributed by atoms with Crippen molar-refractivity contribution >= 4 is 29.9 Å². The van der Waals surface area contributed by atoms with Crippen LogP contribution in [0.5, 0.6) is 0 Å². The molecule has 1 aliphatic rings. The number of rotatable bonds is 11. The zero-order valence-electron chi connectivity index (χ0n) is 16.8. The summed E-state index contributed by atoms with van der Waals surface area (Å²) in [6.45, 7) is 12.2. The molecule has 8 nitrogen and oxygen atoms in total. The van der Waals surface area contributed by atoms with Crippen LogP contribution >= 0.6 is 24.0 Å². The Labute approximate surface area is 175 Å². The Balaban J connectivity index is 0.00000625. The number of halogens is 1. The fourth-order valence-electron chi connectivity index (χ4n) is 2.61. The molecule has 0 aromatic rings. The molecule has 0 radical (unpaired) electrons. The highest BCUT2D eigenvalue weighted by atomic mass is 127. The number of aliphatic imine (C=N–C) groups is 1. The first-order valence-electron chi connectivity index (χ1n) is 9.19. The highest BCUT2D eigenvalue weighted by Crippen LogP contribution is 2.09. The summed E-state index contributed by atoms with van der Waals surface area (Å²) in [6.07, 6.45) is 0. The predicted molar refractivity (Wildman–Crippen MR) is 117 cm³/mol. The van der Waals surface area contributed by atoms with Crippen molar-refractivity contribution < 1.29 is 14.6 Å². The van der Waals surface area contributed by atoms with Crippen molar-refractivity contribution in [2.24, 2.45) is 4.99 Å². The fraction of sp³-hybridized carbons (Fsp3) is 0.941. The van der Waals surface area contributed by atoms with Gasteiger partial charge >= 0.3 is 0 Å². The predicted octanol–water partition coefficient (Wildman–Crippen LogP) is -0.179. The van der Waals surface area contributed by atoms with Crippen LogP contribution in [0, 0.1) is 0 Å². The van der Waals surface area contributed by atoms with E-state index < -0.39 is 5.60 Å². The van der Waals surface area contributed by atoms with Gasteiger partial charge in [-0.3, -0.25) is 9.89 Å². The Morgan fingerprint density at radius 2 is 2.00 bits per heavy atom. The lowest BCUT2D eigenvalue weighted by molar-refractivity contribution is -0.0180. The van der Waals surface area contributed by atoms with E-state index in [0.717, 1.165) is 65.0 Å². The molecule has 1 unspecified atom stereocenters. The normalized spacial score (nSPS) is 18.3. The van der Waals surface area contributed by atoms with Crippen molar-refractivity contribution in [2.75, 3.05) is 86.3 Å². The summed E-state index contributed by atoms with van der Waals surface area (Å²) in [7, 11) is 3.78. The summed E-state index contributed by atoms with van der Waals surface area (Å²) in [6, 6.07) is 0. The van der Waals surface area contributed by atoms with Crippen LogP contribution in [0.4, 0.5) is 0 Å². The number of ether oxygens (including phenoxy) is 2. The topological polar surface area (TPSA) is 81.6 Å². The van der Waals surface area contributed by atoms with Gasteiger partial charge in [-0.2, -0.15) is 0 Å². The Morgan fingerprint density at radius 3 is 2.62 bits per heavy atom. The molecule has 1 aliphatic heterocycles. The van der Waals surface area contributed by atoms with Crippen molar-refractivity contribution in [1.82, 2.24) is 20.4 Å². The zero-order valence-corrected chi connectivity index (χ0v) is 19.1. The molecule has 0 spiro atoms. The lowest BCUT2D eigenvalue weighted by Crippen LogP contribution is -2.48. The van der Waals surface area contributed by atoms with E-state index in [1.807, 2.05) is 13.8 Å². The molecule has 3 N–H and O–H groups in total. The summed E-state index contributed by atoms with van der Waals surface area (Å²) in [5.41, 5.74) is -0.852. The first-order valence-corrected chi connectivity index (χ1v) is 9.19. The molecule has 1 fully saturated rings. The molecule has 156 valence electrons. The lowest BCUT2D eigenvalue weighted by atomic mass is 10.1. The number of hydrogen-bond acceptors (Lipinski definition) is 6. The molecule has 0 aliphatic carbocycles. The van der Waals surface area contributed by atoms with E-state index in [4.69, 9.17) is 9.47 Å². The minimum Gasteiger partial charge on any atom is -0.387 e. The molecular weight excluding hydrogens is 449 g/mol. The number of nitrogens with one attached hydrogen (secondary N) is 2. The molecule has 0 aromatic heterocycles. The van der Waals surface area contributed by atoms with Gasteiger partial charge in [0.25, 0.3) is 0 Å². The fourth-order valence-corrected chi connectivity index (χ4v) is 2.61. The van der Waals surface area contributed by atoms with Crippen LogP contribution in [0.15, 0.2) is 4.99 Å². The maximum atomic E-state index is 10.6. The Kier molecular flexibility index (Phi) is 14.7. The Hall–Kier alpha value is -0.200. The quantitative estimate of drug-likeness (QED) is 0.212. The van der Waals surface area contributed by atoms with Gasteiger partial charge in [0.2, 0.25) is 0 Å². The summed E-state index contributed by atoms with van der Waals surface area (Å²) in [4.78, 5) is 8.98. The summed E-state index contributed by atoms with van der Waals surface area (Å²) in [5, 5.41) is 17.2. The number of likely N-dealkylation sites (N-methyl/N-ethyl adjacent to an activating group) is 1. The summed E-state index contributed by atoms with van der Waals surface area (Å²) in [5.74, 6) is 0.741. The number of methoxy groups -OCH3 is 1. The van der Waals surface area contributed by atoms with Crippen LogP contribution in [-0.2, 0) is 9.47 Å². The molecular formula is C17H38IN5O3. The van der Waals surface area contributed by atoms with Crippen LogP contribution in [0.2, 0.25) is 0 Å². The van der Waals surface area contributed by atoms with Gasteiger partial charge in [-0.15, -0.1) is 24.0 Å². The third-order valence-electron chi connectivity index (χ3n) is 4.05. The van der Waals surface area contributed by atoms with Crippen LogP contribution in [0.1, 0.15) is 13.8 Å². The van der Waals surface area contributed by atoms with Crippen molar-refractivity contribution in [3.8, 4) is 0 Å². The number of β-amino-alcohol motifs (C(OH)–C–C–N with tert-alkyl or cyclic N) is 1. The summed E-state index contributed by atoms with van der Waals surface area (Å²) >= 11 is 0. The third-order valence-corrected chi connectivity index (χ3v) is 4.05. The Bertz CT molecular complexity index is 379. The second-order valence-corrected chi connectivity index (χ2v) is 6.80. The number of nitrogens with zero attached hydrogens (tertiary/aromatic N) is 3. The third kappa shape index (κ3) is 12.2. The number of hydrogen-bond donors (Lipinski definition) is 3. The van der Waals surface area contributed by atoms with Crippen molar-refractivity contribution in [1.29, 1.82) is 0 Å². The van der Waals surface area contributed by atoms with Gasteiger partial charge in [-0.1, -0.05) is 0 Å². The molecule has 9 heteroatoms. The van der Waals surface area contributed by atoms with E-state index in [2.05, 4.69) is 32.5 Å². The van der Waals surface area contributed by atoms with Gasteiger partial charge in [0, 0.05) is 52.9 Å². The van der Waals surface area contributed by atoms with Gasteiger partial charge in [-0.05, 0) is 20.9 Å². The first kappa shape index (κ1) is 25.8. The average Bonchev–Trinajstić information content (AvgIpc) is 2.58. The molecule has 1 atom stereocenters. The minimum absolute atomic E-state index is 0. The zero-order chi connectivity index (χ0) is 18.5. The number of aliphatic hydroxyl groups is 1. The van der Waals surface area contributed by atoms with Gasteiger partial charge in [0.1, 0.15) is 0 Å². The maximum absolute atomic E-state index is 10.6. The second-order valence-electron chi connectivity index (χ2n) is 6.80. The van der Waals surface area contributed by atoms with E-state index >= 15 is 0 Å². The molecule has 0 bridgehead atoms. The van der Waals surface area contributed by atoms with E-state index in [9.17, 15) is 5.11 Å². The van der Waals surface area contributed by atoms with Crippen LogP contribution < -0.4 is 10.6 Å². The van der Waals surface area contributed by atoms with Gasteiger partial charge in [-0.25, -0.2) is 0 Å². The molecule has 0 saturated carbocycles. The monoisotopic (exact) mass is 487 g/mol. The van der Waals surface area contributed by atoms with E-state index in [1.54, 1.807) is 7.11 Å². The smallest absolute Gasteiger partial charge is 0.191 e. The van der Waals surface area contributed by atoms with E-state index in [0.29, 0.717) is 13.1 Å². The summed E-state index contributed by atoms with van der Waals surface area (Å²) < 4.78 is 10.4. The van der Waals surface area contributed by atoms with Crippen molar-refractivity contribution in [3.63, 3.8) is 0 Å². The number of morpholine rings is 1. The molecule has 1 saturated heterocycles. The molecule has 0 amide bonds. The van der Waals surface area contributed by atoms with Crippen LogP contribution in [-0.4, -0.2) is 113 Å². The van der Waals surface area contributed by atoms with Gasteiger partial charge in [0.05, 0.1) is 32.0 Å². The molecule has 26 heavy (non-hydrogen) atoms. The second kappa shape index (κ2) is 14.8. The van der Waals surface area contributed by atoms with Crippen LogP contribution in [0.3, 0.4) is 0 Å². The number of guanidine groups is 1. The maximum Gasteiger partial charge on any atom is 0.191 e. The minimum atomic E-state index is -0.852. The van der Waals surface area contributed by atoms with E-state index in [-0.39, 0.29) is 24.0 Å². The molecule has 0 aromatic carbocycles. The standard InChI is InChI=1S/C17H37N5O3.HI/c1-5-18-16(19-6-7-21(3)8-11-24-4)20-14-17(2,23)15-22-9-12-25-13-10-22;/h23H,5-15H2,1-4H3,(H2,18,19,20);1H. The Morgan fingerprint density at radius 1 is 1.31 bits per heavy atom. The van der Waals surface area contributed by atoms with E-state index in [1.165, 1.54) is 0 Å². The average molecular weight is 487 g/mol. The van der Waals surface area contributed by atoms with Crippen LogP contribution in [0.25, 0.3) is 0 Å². The molecule has 1 heterocycles. The SMILES string of the molecule is CCNC(=NCC(C)(O)CN1CCOCC1)NCCN(C)CCOC.I. The largest absolute Gasteiger partial charge is 0.387 e. The highest BCUT2D eigenvalue weighted by Gasteiger charge is 2.25.